The largest absolute Gasteiger partial charge is 0.496 e. The van der Waals surface area contributed by atoms with Gasteiger partial charge in [0.05, 0.1) is 30.6 Å². The molecule has 0 bridgehead atoms. The number of anilines is 2. The lowest BCUT2D eigenvalue weighted by atomic mass is 10.1. The van der Waals surface area contributed by atoms with Gasteiger partial charge in [-0.3, -0.25) is 9.48 Å². The minimum Gasteiger partial charge on any atom is -0.496 e. The van der Waals surface area contributed by atoms with Gasteiger partial charge in [0, 0.05) is 50.4 Å². The van der Waals surface area contributed by atoms with Crippen LogP contribution in [-0.4, -0.2) is 58.4 Å². The third-order valence-electron chi connectivity index (χ3n) is 4.76. The lowest BCUT2D eigenvalue weighted by molar-refractivity contribution is 0.102. The van der Waals surface area contributed by atoms with Crippen molar-refractivity contribution in [3.05, 3.63) is 36.3 Å². The van der Waals surface area contributed by atoms with Gasteiger partial charge < -0.3 is 20.3 Å². The van der Waals surface area contributed by atoms with Crippen LogP contribution < -0.4 is 20.3 Å². The van der Waals surface area contributed by atoms with E-state index in [4.69, 9.17) is 4.74 Å². The van der Waals surface area contributed by atoms with Gasteiger partial charge in [0.15, 0.2) is 5.82 Å². The van der Waals surface area contributed by atoms with Crippen LogP contribution in [0.2, 0.25) is 0 Å². The third-order valence-corrected chi connectivity index (χ3v) is 4.76. The number of hydrogen-bond acceptors (Lipinski definition) is 7. The van der Waals surface area contributed by atoms with Crippen molar-refractivity contribution in [3.8, 4) is 5.75 Å². The molecule has 0 radical (unpaired) electrons. The molecule has 0 spiro atoms. The second kappa shape index (κ2) is 8.62. The first-order chi connectivity index (χ1) is 13.5. The zero-order valence-electron chi connectivity index (χ0n) is 16.5. The Morgan fingerprint density at radius 1 is 1.31 bits per heavy atom. The summed E-state index contributed by atoms with van der Waals surface area (Å²) in [6, 6.07) is 3.93. The van der Waals surface area contributed by atoms with Crippen LogP contribution in [0.25, 0.3) is 10.9 Å². The average Bonchev–Trinajstić information content (AvgIpc) is 3.06. The fourth-order valence-corrected chi connectivity index (χ4v) is 3.40. The summed E-state index contributed by atoms with van der Waals surface area (Å²) in [6.45, 7) is 4.81. The highest BCUT2D eigenvalue weighted by Gasteiger charge is 2.18. The van der Waals surface area contributed by atoms with Gasteiger partial charge in [-0.25, -0.2) is 9.97 Å². The van der Waals surface area contributed by atoms with Crippen molar-refractivity contribution in [1.82, 2.24) is 25.1 Å². The van der Waals surface area contributed by atoms with Crippen molar-refractivity contribution in [1.29, 1.82) is 0 Å². The molecule has 2 N–H and O–H groups in total. The summed E-state index contributed by atoms with van der Waals surface area (Å²) in [5.41, 5.74) is 1.19. The van der Waals surface area contributed by atoms with Gasteiger partial charge in [-0.1, -0.05) is 0 Å². The molecule has 3 aromatic rings. The van der Waals surface area contributed by atoms with Crippen LogP contribution in [0.5, 0.6) is 5.75 Å². The number of fused-ring (bicyclic) bond motifs is 1. The normalized spacial score (nSPS) is 16.4. The molecule has 154 valence electrons. The lowest BCUT2D eigenvalue weighted by Gasteiger charge is -2.32. The SMILES string of the molecule is COc1cc2nn(C)cc2cc1C(=O)Nc1cnc(N2CCN[C@@H](C)C2)cn1.Cl. The Morgan fingerprint density at radius 3 is 2.83 bits per heavy atom. The number of aryl methyl sites for hydroxylation is 1. The number of aromatic nitrogens is 4. The smallest absolute Gasteiger partial charge is 0.260 e. The zero-order chi connectivity index (χ0) is 19.7. The number of rotatable bonds is 4. The first kappa shape index (κ1) is 20.8. The summed E-state index contributed by atoms with van der Waals surface area (Å²) in [7, 11) is 3.37. The molecule has 1 aromatic carbocycles. The predicted octanol–water partition coefficient (Wildman–Crippen LogP) is 1.84. The number of amides is 1. The topological polar surface area (TPSA) is 97.2 Å². The van der Waals surface area contributed by atoms with Crippen LogP contribution in [0.4, 0.5) is 11.6 Å². The first-order valence-corrected chi connectivity index (χ1v) is 9.16. The van der Waals surface area contributed by atoms with Gasteiger partial charge in [0.25, 0.3) is 5.91 Å². The third kappa shape index (κ3) is 4.41. The van der Waals surface area contributed by atoms with E-state index >= 15 is 0 Å². The molecule has 1 atom stereocenters. The number of nitrogens with zero attached hydrogens (tertiary/aromatic N) is 5. The summed E-state index contributed by atoms with van der Waals surface area (Å²) in [5, 5.41) is 11.4. The van der Waals surface area contributed by atoms with E-state index in [2.05, 4.69) is 37.5 Å². The van der Waals surface area contributed by atoms with Crippen molar-refractivity contribution in [2.75, 3.05) is 37.0 Å². The molecule has 29 heavy (non-hydrogen) atoms. The van der Waals surface area contributed by atoms with E-state index in [1.807, 2.05) is 13.2 Å². The molecule has 4 rings (SSSR count). The maximum absolute atomic E-state index is 12.8. The van der Waals surface area contributed by atoms with Gasteiger partial charge in [0.2, 0.25) is 0 Å². The number of ether oxygens (including phenoxy) is 1. The molecular weight excluding hydrogens is 394 g/mol. The van der Waals surface area contributed by atoms with E-state index in [1.165, 1.54) is 7.11 Å². The molecule has 9 nitrogen and oxygen atoms in total. The van der Waals surface area contributed by atoms with Crippen molar-refractivity contribution in [2.24, 2.45) is 7.05 Å². The van der Waals surface area contributed by atoms with E-state index in [-0.39, 0.29) is 18.3 Å². The summed E-state index contributed by atoms with van der Waals surface area (Å²) < 4.78 is 7.07. The molecule has 0 saturated carbocycles. The molecule has 1 fully saturated rings. The van der Waals surface area contributed by atoms with Gasteiger partial charge in [-0.05, 0) is 13.0 Å². The highest BCUT2D eigenvalue weighted by molar-refractivity contribution is 6.08. The Labute approximate surface area is 174 Å². The Bertz CT molecular complexity index is 1010. The van der Waals surface area contributed by atoms with Gasteiger partial charge in [-0.2, -0.15) is 5.10 Å². The van der Waals surface area contributed by atoms with Crippen molar-refractivity contribution < 1.29 is 9.53 Å². The number of benzene rings is 1. The number of carbonyl (C=O) groups excluding carboxylic acids is 1. The molecule has 1 aliphatic rings. The maximum atomic E-state index is 12.8. The van der Waals surface area contributed by atoms with Crippen molar-refractivity contribution in [2.45, 2.75) is 13.0 Å². The number of halogens is 1. The van der Waals surface area contributed by atoms with Gasteiger partial charge in [0.1, 0.15) is 11.6 Å². The summed E-state index contributed by atoms with van der Waals surface area (Å²) >= 11 is 0. The van der Waals surface area contributed by atoms with Crippen molar-refractivity contribution >= 4 is 40.9 Å². The van der Waals surface area contributed by atoms with Crippen LogP contribution in [0.15, 0.2) is 30.7 Å². The van der Waals surface area contributed by atoms with Crippen LogP contribution in [0.1, 0.15) is 17.3 Å². The number of methoxy groups -OCH3 is 1. The monoisotopic (exact) mass is 417 g/mol. The molecule has 1 amide bonds. The van der Waals surface area contributed by atoms with Gasteiger partial charge >= 0.3 is 0 Å². The van der Waals surface area contributed by atoms with Crippen molar-refractivity contribution in [3.63, 3.8) is 0 Å². The summed E-state index contributed by atoms with van der Waals surface area (Å²) in [6.07, 6.45) is 5.12. The number of piperazine rings is 1. The fraction of sp³-hybridized carbons (Fsp3) is 0.368. The highest BCUT2D eigenvalue weighted by atomic mass is 35.5. The molecule has 1 aliphatic heterocycles. The Hall–Kier alpha value is -2.91. The predicted molar refractivity (Wildman–Crippen MR) is 114 cm³/mol. The first-order valence-electron chi connectivity index (χ1n) is 9.16. The van der Waals surface area contributed by atoms with E-state index in [0.717, 1.165) is 36.4 Å². The van der Waals surface area contributed by atoms with Gasteiger partial charge in [-0.15, -0.1) is 12.4 Å². The van der Waals surface area contributed by atoms with E-state index < -0.39 is 0 Å². The summed E-state index contributed by atoms with van der Waals surface area (Å²) in [5.74, 6) is 1.36. The van der Waals surface area contributed by atoms with Crippen LogP contribution in [-0.2, 0) is 7.05 Å². The fourth-order valence-electron chi connectivity index (χ4n) is 3.40. The molecule has 1 saturated heterocycles. The molecule has 2 aromatic heterocycles. The molecule has 0 aliphatic carbocycles. The van der Waals surface area contributed by atoms with E-state index in [9.17, 15) is 4.79 Å². The molecule has 3 heterocycles. The number of hydrogen-bond donors (Lipinski definition) is 2. The molecular formula is C19H24ClN7O2. The van der Waals surface area contributed by atoms with Crippen LogP contribution in [0, 0.1) is 0 Å². The Morgan fingerprint density at radius 2 is 2.14 bits per heavy atom. The number of carbonyl (C=O) groups is 1. The standard InChI is InChI=1S/C19H23N7O2.ClH/c1-12-10-26(5-4-20-12)18-9-21-17(8-22-18)23-19(27)14-6-13-11-25(2)24-15(13)7-16(14)28-3;/h6-9,11-12,20H,4-5,10H2,1-3H3,(H,21,23,27);1H/t12-;/m0./s1. The minimum atomic E-state index is -0.305. The molecule has 0 unspecified atom stereocenters. The maximum Gasteiger partial charge on any atom is 0.260 e. The minimum absolute atomic E-state index is 0. The summed E-state index contributed by atoms with van der Waals surface area (Å²) in [4.78, 5) is 23.8. The molecule has 10 heteroatoms. The lowest BCUT2D eigenvalue weighted by Crippen LogP contribution is -2.49. The average molecular weight is 418 g/mol. The quantitative estimate of drug-likeness (QED) is 0.668. The zero-order valence-corrected chi connectivity index (χ0v) is 17.4. The van der Waals surface area contributed by atoms with E-state index in [0.29, 0.717) is 23.2 Å². The van der Waals surface area contributed by atoms with Crippen LogP contribution in [0.3, 0.4) is 0 Å². The number of nitrogens with one attached hydrogen (secondary N) is 2. The highest BCUT2D eigenvalue weighted by Crippen LogP contribution is 2.26. The Kier molecular flexibility index (Phi) is 6.19. The second-order valence-electron chi connectivity index (χ2n) is 6.93. The second-order valence-corrected chi connectivity index (χ2v) is 6.93. The van der Waals surface area contributed by atoms with E-state index in [1.54, 1.807) is 29.2 Å². The Balaban J connectivity index is 0.00000240. The van der Waals surface area contributed by atoms with Crippen LogP contribution >= 0.6 is 12.4 Å².